The lowest BCUT2D eigenvalue weighted by molar-refractivity contribution is 0.0945. The number of aromatic nitrogens is 1. The molecule has 1 aromatic carbocycles. The molecule has 0 unspecified atom stereocenters. The van der Waals surface area contributed by atoms with Crippen molar-refractivity contribution in [2.75, 3.05) is 0 Å². The van der Waals surface area contributed by atoms with Crippen molar-refractivity contribution in [3.8, 4) is 0 Å². The Labute approximate surface area is 119 Å². The van der Waals surface area contributed by atoms with Gasteiger partial charge < -0.3 is 10.4 Å². The molecule has 0 bridgehead atoms. The van der Waals surface area contributed by atoms with Crippen LogP contribution in [0, 0.1) is 0 Å². The van der Waals surface area contributed by atoms with Crippen LogP contribution in [0.5, 0.6) is 0 Å². The Balaban J connectivity index is 2.02. The molecule has 4 nitrogen and oxygen atoms in total. The van der Waals surface area contributed by atoms with Crippen LogP contribution >= 0.6 is 15.9 Å². The molecular weight excluding hydrogens is 308 g/mol. The van der Waals surface area contributed by atoms with E-state index in [1.165, 1.54) is 0 Å². The van der Waals surface area contributed by atoms with Crippen molar-refractivity contribution in [3.63, 3.8) is 0 Å². The molecule has 0 spiro atoms. The topological polar surface area (TPSA) is 62.2 Å². The van der Waals surface area contributed by atoms with E-state index in [-0.39, 0.29) is 12.5 Å². The van der Waals surface area contributed by atoms with Crippen molar-refractivity contribution in [1.82, 2.24) is 10.3 Å². The first-order valence-electron chi connectivity index (χ1n) is 5.78. The predicted molar refractivity (Wildman–Crippen MR) is 75.5 cm³/mol. The minimum Gasteiger partial charge on any atom is -0.392 e. The van der Waals surface area contributed by atoms with Gasteiger partial charge in [0.2, 0.25) is 0 Å². The Morgan fingerprint density at radius 2 is 2.05 bits per heavy atom. The van der Waals surface area contributed by atoms with Crippen molar-refractivity contribution in [2.45, 2.75) is 13.2 Å². The molecule has 0 atom stereocenters. The summed E-state index contributed by atoms with van der Waals surface area (Å²) >= 11 is 3.29. The molecule has 0 radical (unpaired) electrons. The molecule has 98 valence electrons. The molecular formula is C14H13BrN2O2. The van der Waals surface area contributed by atoms with E-state index in [0.29, 0.717) is 16.7 Å². The van der Waals surface area contributed by atoms with Crippen LogP contribution in [0.2, 0.25) is 0 Å². The number of carbonyl (C=O) groups is 1. The largest absolute Gasteiger partial charge is 0.392 e. The van der Waals surface area contributed by atoms with Crippen LogP contribution in [-0.2, 0) is 13.2 Å². The van der Waals surface area contributed by atoms with Crippen LogP contribution in [0.1, 0.15) is 21.6 Å². The highest BCUT2D eigenvalue weighted by molar-refractivity contribution is 9.10. The van der Waals surface area contributed by atoms with Gasteiger partial charge in [-0.15, -0.1) is 0 Å². The lowest BCUT2D eigenvalue weighted by Crippen LogP contribution is -2.24. The fourth-order valence-electron chi connectivity index (χ4n) is 1.66. The predicted octanol–water partition coefficient (Wildman–Crippen LogP) is 2.27. The molecule has 2 N–H and O–H groups in total. The fourth-order valence-corrected chi connectivity index (χ4v) is 2.09. The number of carbonyl (C=O) groups excluding carboxylic acids is 1. The molecule has 0 saturated carbocycles. The van der Waals surface area contributed by atoms with Gasteiger partial charge >= 0.3 is 0 Å². The lowest BCUT2D eigenvalue weighted by Gasteiger charge is -2.07. The van der Waals surface area contributed by atoms with Crippen LogP contribution in [0.3, 0.4) is 0 Å². The molecule has 1 aromatic heterocycles. The van der Waals surface area contributed by atoms with Crippen molar-refractivity contribution in [2.24, 2.45) is 0 Å². The maximum absolute atomic E-state index is 11.9. The summed E-state index contributed by atoms with van der Waals surface area (Å²) in [5.74, 6) is -0.234. The Morgan fingerprint density at radius 3 is 2.79 bits per heavy atom. The first kappa shape index (κ1) is 13.7. The van der Waals surface area contributed by atoms with E-state index in [1.54, 1.807) is 18.3 Å². The van der Waals surface area contributed by atoms with Crippen LogP contribution in [0.25, 0.3) is 0 Å². The SMILES string of the molecule is O=C(NCc1cccc(CO)c1)c1ncccc1Br. The summed E-state index contributed by atoms with van der Waals surface area (Å²) in [6.07, 6.45) is 1.58. The Kier molecular flexibility index (Phi) is 4.65. The number of aliphatic hydroxyl groups is 1. The zero-order chi connectivity index (χ0) is 13.7. The molecule has 5 heteroatoms. The molecule has 0 saturated heterocycles. The number of hydrogen-bond donors (Lipinski definition) is 2. The van der Waals surface area contributed by atoms with Crippen molar-refractivity contribution >= 4 is 21.8 Å². The second-order valence-corrected chi connectivity index (χ2v) is 4.85. The van der Waals surface area contributed by atoms with Gasteiger partial charge in [-0.2, -0.15) is 0 Å². The third-order valence-corrected chi connectivity index (χ3v) is 3.24. The van der Waals surface area contributed by atoms with Gasteiger partial charge in [0, 0.05) is 17.2 Å². The average molecular weight is 321 g/mol. The number of nitrogens with one attached hydrogen (secondary N) is 1. The summed E-state index contributed by atoms with van der Waals surface area (Å²) < 4.78 is 0.664. The number of amides is 1. The Morgan fingerprint density at radius 1 is 1.26 bits per heavy atom. The number of nitrogens with zero attached hydrogens (tertiary/aromatic N) is 1. The van der Waals surface area contributed by atoms with Gasteiger partial charge in [-0.3, -0.25) is 4.79 Å². The first-order valence-corrected chi connectivity index (χ1v) is 6.57. The summed E-state index contributed by atoms with van der Waals surface area (Å²) in [7, 11) is 0. The molecule has 0 aliphatic carbocycles. The highest BCUT2D eigenvalue weighted by Gasteiger charge is 2.10. The second-order valence-electron chi connectivity index (χ2n) is 3.99. The van der Waals surface area contributed by atoms with E-state index in [4.69, 9.17) is 5.11 Å². The van der Waals surface area contributed by atoms with Crippen molar-refractivity contribution in [1.29, 1.82) is 0 Å². The normalized spacial score (nSPS) is 10.2. The molecule has 19 heavy (non-hydrogen) atoms. The van der Waals surface area contributed by atoms with Crippen LogP contribution < -0.4 is 5.32 Å². The van der Waals surface area contributed by atoms with Gasteiger partial charge in [-0.25, -0.2) is 4.98 Å². The Bertz CT molecular complexity index is 587. The highest BCUT2D eigenvalue weighted by Crippen LogP contribution is 2.13. The van der Waals surface area contributed by atoms with Gasteiger partial charge in [0.05, 0.1) is 6.61 Å². The van der Waals surface area contributed by atoms with Crippen molar-refractivity contribution < 1.29 is 9.90 Å². The van der Waals surface area contributed by atoms with Gasteiger partial charge in [-0.1, -0.05) is 24.3 Å². The van der Waals surface area contributed by atoms with Gasteiger partial charge in [0.15, 0.2) is 0 Å². The number of aliphatic hydroxyl groups excluding tert-OH is 1. The molecule has 1 amide bonds. The van der Waals surface area contributed by atoms with Crippen LogP contribution in [0.4, 0.5) is 0 Å². The molecule has 2 rings (SSSR count). The highest BCUT2D eigenvalue weighted by atomic mass is 79.9. The zero-order valence-corrected chi connectivity index (χ0v) is 11.7. The smallest absolute Gasteiger partial charge is 0.271 e. The summed E-state index contributed by atoms with van der Waals surface area (Å²) in [5, 5.41) is 11.8. The van der Waals surface area contributed by atoms with Crippen LogP contribution in [-0.4, -0.2) is 16.0 Å². The summed E-state index contributed by atoms with van der Waals surface area (Å²) in [6.45, 7) is 0.392. The molecule has 0 aliphatic rings. The van der Waals surface area contributed by atoms with Crippen molar-refractivity contribution in [3.05, 3.63) is 63.9 Å². The minimum absolute atomic E-state index is 0.00637. The number of rotatable bonds is 4. The third-order valence-electron chi connectivity index (χ3n) is 2.60. The molecule has 0 aliphatic heterocycles. The summed E-state index contributed by atoms with van der Waals surface area (Å²) in [6, 6.07) is 11.0. The third kappa shape index (κ3) is 3.62. The van der Waals surface area contributed by atoms with Gasteiger partial charge in [0.25, 0.3) is 5.91 Å². The van der Waals surface area contributed by atoms with Crippen LogP contribution in [0.15, 0.2) is 47.1 Å². The molecule has 0 fully saturated rings. The number of benzene rings is 1. The van der Waals surface area contributed by atoms with E-state index in [2.05, 4.69) is 26.2 Å². The number of halogens is 1. The fraction of sp³-hybridized carbons (Fsp3) is 0.143. The summed E-state index contributed by atoms with van der Waals surface area (Å²) in [4.78, 5) is 16.0. The number of hydrogen-bond acceptors (Lipinski definition) is 3. The average Bonchev–Trinajstić information content (AvgIpc) is 2.45. The standard InChI is InChI=1S/C14H13BrN2O2/c15-12-5-2-6-16-13(12)14(19)17-8-10-3-1-4-11(7-10)9-18/h1-7,18H,8-9H2,(H,17,19). The van der Waals surface area contributed by atoms with E-state index >= 15 is 0 Å². The summed E-state index contributed by atoms with van der Waals surface area (Å²) in [5.41, 5.74) is 2.12. The molecule has 2 aromatic rings. The monoisotopic (exact) mass is 320 g/mol. The molecule has 1 heterocycles. The maximum Gasteiger partial charge on any atom is 0.271 e. The number of pyridine rings is 1. The van der Waals surface area contributed by atoms with E-state index in [9.17, 15) is 4.79 Å². The first-order chi connectivity index (χ1) is 9.20. The van der Waals surface area contributed by atoms with E-state index in [0.717, 1.165) is 11.1 Å². The quantitative estimate of drug-likeness (QED) is 0.908. The van der Waals surface area contributed by atoms with Gasteiger partial charge in [0.1, 0.15) is 5.69 Å². The lowest BCUT2D eigenvalue weighted by atomic mass is 10.1. The second kappa shape index (κ2) is 6.45. The zero-order valence-electron chi connectivity index (χ0n) is 10.1. The minimum atomic E-state index is -0.234. The maximum atomic E-state index is 11.9. The van der Waals surface area contributed by atoms with Gasteiger partial charge in [-0.05, 0) is 39.2 Å². The Hall–Kier alpha value is -1.72. The van der Waals surface area contributed by atoms with E-state index < -0.39 is 0 Å². The van der Waals surface area contributed by atoms with E-state index in [1.807, 2.05) is 24.3 Å².